The van der Waals surface area contributed by atoms with Gasteiger partial charge < -0.3 is 4.90 Å². The average molecular weight is 369 g/mol. The van der Waals surface area contributed by atoms with Crippen LogP contribution in [0.3, 0.4) is 0 Å². The lowest BCUT2D eigenvalue weighted by Gasteiger charge is -2.35. The van der Waals surface area contributed by atoms with Crippen LogP contribution in [0.5, 0.6) is 0 Å². The SMILES string of the molecule is O=S(=O)(Cc1ccc(F)cc1)N1CCN(c2cccc(Cl)c2)CC1. The second kappa shape index (κ2) is 7.09. The van der Waals surface area contributed by atoms with Crippen molar-refractivity contribution in [1.29, 1.82) is 0 Å². The van der Waals surface area contributed by atoms with Gasteiger partial charge in [0.1, 0.15) is 5.82 Å². The molecule has 1 saturated heterocycles. The number of anilines is 1. The summed E-state index contributed by atoms with van der Waals surface area (Å²) in [5.74, 6) is -0.476. The summed E-state index contributed by atoms with van der Waals surface area (Å²) in [6.45, 7) is 2.08. The summed E-state index contributed by atoms with van der Waals surface area (Å²) in [6, 6.07) is 13.1. The lowest BCUT2D eigenvalue weighted by atomic mass is 10.2. The first kappa shape index (κ1) is 17.2. The minimum absolute atomic E-state index is 0.107. The van der Waals surface area contributed by atoms with Crippen molar-refractivity contribution in [3.63, 3.8) is 0 Å². The molecule has 0 bridgehead atoms. The molecule has 0 aromatic heterocycles. The molecule has 128 valence electrons. The van der Waals surface area contributed by atoms with Crippen LogP contribution in [0.25, 0.3) is 0 Å². The summed E-state index contributed by atoms with van der Waals surface area (Å²) < 4.78 is 39.5. The molecule has 1 aliphatic heterocycles. The molecule has 1 heterocycles. The Morgan fingerprint density at radius 1 is 1.00 bits per heavy atom. The van der Waals surface area contributed by atoms with Crippen LogP contribution in [0.1, 0.15) is 5.56 Å². The van der Waals surface area contributed by atoms with Gasteiger partial charge in [0.05, 0.1) is 5.75 Å². The Balaban J connectivity index is 1.64. The van der Waals surface area contributed by atoms with Crippen LogP contribution in [0, 0.1) is 5.82 Å². The van der Waals surface area contributed by atoms with Crippen molar-refractivity contribution in [3.8, 4) is 0 Å². The van der Waals surface area contributed by atoms with E-state index in [-0.39, 0.29) is 11.6 Å². The number of hydrogen-bond donors (Lipinski definition) is 0. The predicted molar refractivity (Wildman–Crippen MR) is 94.3 cm³/mol. The van der Waals surface area contributed by atoms with Gasteiger partial charge in [0, 0.05) is 36.9 Å². The quantitative estimate of drug-likeness (QED) is 0.832. The Hall–Kier alpha value is -1.63. The molecule has 0 spiro atoms. The van der Waals surface area contributed by atoms with Crippen LogP contribution in [0.4, 0.5) is 10.1 Å². The first-order valence-electron chi connectivity index (χ1n) is 7.67. The Bertz CT molecular complexity index is 804. The van der Waals surface area contributed by atoms with E-state index in [9.17, 15) is 12.8 Å². The fourth-order valence-electron chi connectivity index (χ4n) is 2.78. The van der Waals surface area contributed by atoms with E-state index in [2.05, 4.69) is 4.90 Å². The first-order chi connectivity index (χ1) is 11.4. The summed E-state index contributed by atoms with van der Waals surface area (Å²) in [5, 5.41) is 0.666. The van der Waals surface area contributed by atoms with Gasteiger partial charge in [-0.15, -0.1) is 0 Å². The van der Waals surface area contributed by atoms with E-state index in [0.29, 0.717) is 36.8 Å². The van der Waals surface area contributed by atoms with Crippen molar-refractivity contribution in [2.45, 2.75) is 5.75 Å². The molecule has 0 unspecified atom stereocenters. The molecular weight excluding hydrogens is 351 g/mol. The largest absolute Gasteiger partial charge is 0.369 e. The molecule has 0 atom stereocenters. The third kappa shape index (κ3) is 4.06. The Labute approximate surface area is 146 Å². The second-order valence-electron chi connectivity index (χ2n) is 5.75. The molecular formula is C17H18ClFN2O2S. The van der Waals surface area contributed by atoms with Gasteiger partial charge in [0.25, 0.3) is 0 Å². The number of rotatable bonds is 4. The highest BCUT2D eigenvalue weighted by atomic mass is 35.5. The highest BCUT2D eigenvalue weighted by molar-refractivity contribution is 7.88. The van der Waals surface area contributed by atoms with Crippen molar-refractivity contribution in [3.05, 3.63) is 64.9 Å². The highest BCUT2D eigenvalue weighted by Gasteiger charge is 2.27. The first-order valence-corrected chi connectivity index (χ1v) is 9.65. The molecule has 4 nitrogen and oxygen atoms in total. The topological polar surface area (TPSA) is 40.6 Å². The standard InChI is InChI=1S/C17H18ClFN2O2S/c18-15-2-1-3-17(12-15)20-8-10-21(11-9-20)24(22,23)13-14-4-6-16(19)7-5-14/h1-7,12H,8-11,13H2. The minimum Gasteiger partial charge on any atom is -0.369 e. The van der Waals surface area contributed by atoms with Gasteiger partial charge in [0.2, 0.25) is 10.0 Å². The lowest BCUT2D eigenvalue weighted by molar-refractivity contribution is 0.384. The van der Waals surface area contributed by atoms with Crippen LogP contribution < -0.4 is 4.90 Å². The van der Waals surface area contributed by atoms with E-state index in [4.69, 9.17) is 11.6 Å². The van der Waals surface area contributed by atoms with Gasteiger partial charge in [-0.05, 0) is 35.9 Å². The Morgan fingerprint density at radius 2 is 1.67 bits per heavy atom. The molecule has 0 radical (unpaired) electrons. The summed E-state index contributed by atoms with van der Waals surface area (Å²) >= 11 is 6.01. The maximum absolute atomic E-state index is 12.9. The van der Waals surface area contributed by atoms with Crippen molar-refractivity contribution >= 4 is 27.3 Å². The number of hydrogen-bond acceptors (Lipinski definition) is 3. The normalized spacial score (nSPS) is 16.3. The monoisotopic (exact) mass is 368 g/mol. The van der Waals surface area contributed by atoms with E-state index >= 15 is 0 Å². The average Bonchev–Trinajstić information content (AvgIpc) is 2.57. The van der Waals surface area contributed by atoms with Gasteiger partial charge in [-0.3, -0.25) is 0 Å². The van der Waals surface area contributed by atoms with E-state index in [1.807, 2.05) is 24.3 Å². The fraction of sp³-hybridized carbons (Fsp3) is 0.294. The van der Waals surface area contributed by atoms with Crippen LogP contribution >= 0.6 is 11.6 Å². The maximum atomic E-state index is 12.9. The summed E-state index contributed by atoms with van der Waals surface area (Å²) in [6.07, 6.45) is 0. The molecule has 0 N–H and O–H groups in total. The maximum Gasteiger partial charge on any atom is 0.218 e. The smallest absolute Gasteiger partial charge is 0.218 e. The van der Waals surface area contributed by atoms with Crippen LogP contribution in [-0.2, 0) is 15.8 Å². The minimum atomic E-state index is -3.40. The molecule has 3 rings (SSSR count). The molecule has 1 fully saturated rings. The van der Waals surface area contributed by atoms with Gasteiger partial charge in [-0.2, -0.15) is 4.31 Å². The van der Waals surface area contributed by atoms with Gasteiger partial charge in [0.15, 0.2) is 0 Å². The van der Waals surface area contributed by atoms with Crippen molar-refractivity contribution in [1.82, 2.24) is 4.31 Å². The van der Waals surface area contributed by atoms with Crippen LogP contribution in [0.2, 0.25) is 5.02 Å². The summed E-state index contributed by atoms with van der Waals surface area (Å²) in [4.78, 5) is 2.12. The van der Waals surface area contributed by atoms with Crippen LogP contribution in [-0.4, -0.2) is 38.9 Å². The molecule has 0 aliphatic carbocycles. The number of sulfonamides is 1. The third-order valence-electron chi connectivity index (χ3n) is 4.07. The summed E-state index contributed by atoms with van der Waals surface area (Å²) in [5.41, 5.74) is 1.59. The number of nitrogens with zero attached hydrogens (tertiary/aromatic N) is 2. The number of halogens is 2. The van der Waals surface area contributed by atoms with Crippen molar-refractivity contribution < 1.29 is 12.8 Å². The van der Waals surface area contributed by atoms with Crippen LogP contribution in [0.15, 0.2) is 48.5 Å². The van der Waals surface area contributed by atoms with Gasteiger partial charge in [-0.25, -0.2) is 12.8 Å². The van der Waals surface area contributed by atoms with Crippen molar-refractivity contribution in [2.24, 2.45) is 0 Å². The van der Waals surface area contributed by atoms with E-state index in [0.717, 1.165) is 5.69 Å². The predicted octanol–water partition coefficient (Wildman–Crippen LogP) is 3.13. The zero-order chi connectivity index (χ0) is 17.2. The van der Waals surface area contributed by atoms with Gasteiger partial charge >= 0.3 is 0 Å². The Morgan fingerprint density at radius 3 is 2.29 bits per heavy atom. The number of benzene rings is 2. The zero-order valence-electron chi connectivity index (χ0n) is 13.0. The van der Waals surface area contributed by atoms with E-state index < -0.39 is 10.0 Å². The molecule has 2 aromatic rings. The number of piperazine rings is 1. The Kier molecular flexibility index (Phi) is 5.08. The molecule has 2 aromatic carbocycles. The lowest BCUT2D eigenvalue weighted by Crippen LogP contribution is -2.49. The second-order valence-corrected chi connectivity index (χ2v) is 8.15. The molecule has 1 aliphatic rings. The summed E-state index contributed by atoms with van der Waals surface area (Å²) in [7, 11) is -3.40. The van der Waals surface area contributed by atoms with Gasteiger partial charge in [-0.1, -0.05) is 29.8 Å². The highest BCUT2D eigenvalue weighted by Crippen LogP contribution is 2.22. The van der Waals surface area contributed by atoms with E-state index in [1.54, 1.807) is 0 Å². The molecule has 7 heteroatoms. The molecule has 24 heavy (non-hydrogen) atoms. The van der Waals surface area contributed by atoms with E-state index in [1.165, 1.54) is 28.6 Å². The molecule has 0 amide bonds. The van der Waals surface area contributed by atoms with Crippen molar-refractivity contribution in [2.75, 3.05) is 31.1 Å². The molecule has 0 saturated carbocycles. The third-order valence-corrected chi connectivity index (χ3v) is 6.15. The zero-order valence-corrected chi connectivity index (χ0v) is 14.6. The fourth-order valence-corrected chi connectivity index (χ4v) is 4.48.